The van der Waals surface area contributed by atoms with Crippen molar-refractivity contribution >= 4 is 63.7 Å². The second kappa shape index (κ2) is 11.9. The van der Waals surface area contributed by atoms with Crippen LogP contribution in [0.2, 0.25) is 0 Å². The van der Waals surface area contributed by atoms with E-state index >= 15 is 0 Å². The van der Waals surface area contributed by atoms with Crippen LogP contribution in [0.25, 0.3) is 0 Å². The topological polar surface area (TPSA) is 53.2 Å². The Morgan fingerprint density at radius 3 is 2.41 bits per heavy atom. The lowest BCUT2D eigenvalue weighted by atomic mass is 10.1. The number of thiocarbonyl (C=S) groups is 1. The highest BCUT2D eigenvalue weighted by molar-refractivity contribution is 7.80. The number of halogens is 3. The fourth-order valence-electron chi connectivity index (χ4n) is 2.48. The van der Waals surface area contributed by atoms with Crippen LogP contribution >= 0.6 is 47.0 Å². The molecule has 0 saturated carbocycles. The van der Waals surface area contributed by atoms with E-state index in [0.29, 0.717) is 6.42 Å². The molecule has 1 rings (SSSR count). The highest BCUT2D eigenvalue weighted by Crippen LogP contribution is 2.29. The van der Waals surface area contributed by atoms with Crippen molar-refractivity contribution < 1.29 is 4.79 Å². The standard InChI is InChI=1S/C19H28Cl3N3OS/c1-4-5-6-7-8-9-16(26)24-17(19(20,21)22)25-18(27)23-15-12-13(2)10-11-14(15)3/h10-12,17H,4-9H2,1-3H3,(H,24,26)(H2,23,25,27)/t17-/m0/s1. The third-order valence-electron chi connectivity index (χ3n) is 4.06. The van der Waals surface area contributed by atoms with E-state index in [9.17, 15) is 4.79 Å². The summed E-state index contributed by atoms with van der Waals surface area (Å²) in [6.07, 6.45) is 4.74. The summed E-state index contributed by atoms with van der Waals surface area (Å²) in [4.78, 5) is 12.2. The molecule has 0 heterocycles. The number of carbonyl (C=O) groups is 1. The van der Waals surface area contributed by atoms with Crippen LogP contribution in [-0.2, 0) is 4.79 Å². The third-order valence-corrected chi connectivity index (χ3v) is 4.93. The minimum atomic E-state index is -1.74. The molecule has 1 amide bonds. The normalized spacial score (nSPS) is 12.4. The van der Waals surface area contributed by atoms with Gasteiger partial charge in [0, 0.05) is 12.1 Å². The second-order valence-electron chi connectivity index (χ2n) is 6.62. The molecule has 1 atom stereocenters. The van der Waals surface area contributed by atoms with Gasteiger partial charge in [-0.1, -0.05) is 79.5 Å². The van der Waals surface area contributed by atoms with Crippen molar-refractivity contribution in [3.8, 4) is 0 Å². The van der Waals surface area contributed by atoms with Gasteiger partial charge in [0.1, 0.15) is 6.17 Å². The van der Waals surface area contributed by atoms with Crippen molar-refractivity contribution in [2.75, 3.05) is 5.32 Å². The molecule has 3 N–H and O–H groups in total. The van der Waals surface area contributed by atoms with Crippen molar-refractivity contribution in [1.82, 2.24) is 10.6 Å². The van der Waals surface area contributed by atoms with Crippen molar-refractivity contribution in [3.05, 3.63) is 29.3 Å². The average Bonchev–Trinajstić information content (AvgIpc) is 2.56. The zero-order chi connectivity index (χ0) is 20.4. The number of hydrogen-bond acceptors (Lipinski definition) is 2. The average molecular weight is 453 g/mol. The van der Waals surface area contributed by atoms with Crippen LogP contribution in [0.15, 0.2) is 18.2 Å². The van der Waals surface area contributed by atoms with E-state index in [1.807, 2.05) is 32.0 Å². The molecule has 0 spiro atoms. The number of alkyl halides is 3. The zero-order valence-electron chi connectivity index (χ0n) is 16.0. The fourth-order valence-corrected chi connectivity index (χ4v) is 3.04. The predicted octanol–water partition coefficient (Wildman–Crippen LogP) is 5.76. The lowest BCUT2D eigenvalue weighted by Crippen LogP contribution is -2.56. The lowest BCUT2D eigenvalue weighted by molar-refractivity contribution is -0.122. The van der Waals surface area contributed by atoms with E-state index in [1.54, 1.807) is 0 Å². The molecule has 0 radical (unpaired) electrons. The first kappa shape index (κ1) is 24.3. The molecule has 0 aliphatic heterocycles. The molecule has 0 aromatic heterocycles. The van der Waals surface area contributed by atoms with Crippen LogP contribution in [-0.4, -0.2) is 21.0 Å². The largest absolute Gasteiger partial charge is 0.339 e. The molecule has 4 nitrogen and oxygen atoms in total. The Morgan fingerprint density at radius 2 is 1.78 bits per heavy atom. The number of aryl methyl sites for hydroxylation is 2. The maximum absolute atomic E-state index is 12.2. The van der Waals surface area contributed by atoms with Gasteiger partial charge >= 0.3 is 0 Å². The van der Waals surface area contributed by atoms with Gasteiger partial charge in [0.15, 0.2) is 5.11 Å². The summed E-state index contributed by atoms with van der Waals surface area (Å²) in [6.45, 7) is 6.11. The zero-order valence-corrected chi connectivity index (χ0v) is 19.1. The van der Waals surface area contributed by atoms with Gasteiger partial charge in [-0.05, 0) is 49.7 Å². The molecule has 0 aliphatic rings. The molecule has 0 fully saturated rings. The quantitative estimate of drug-likeness (QED) is 0.193. The summed E-state index contributed by atoms with van der Waals surface area (Å²) in [5, 5.41) is 8.96. The fraction of sp³-hybridized carbons (Fsp3) is 0.579. The summed E-state index contributed by atoms with van der Waals surface area (Å²) in [6, 6.07) is 5.98. The molecular formula is C19H28Cl3N3OS. The SMILES string of the molecule is CCCCCCCC(=O)N[C@@H](NC(=S)Nc1cc(C)ccc1C)C(Cl)(Cl)Cl. The Morgan fingerprint density at radius 1 is 1.11 bits per heavy atom. The lowest BCUT2D eigenvalue weighted by Gasteiger charge is -2.28. The molecule has 1 aromatic rings. The smallest absolute Gasteiger partial charge is 0.228 e. The number of nitrogens with one attached hydrogen (secondary N) is 3. The van der Waals surface area contributed by atoms with E-state index in [1.165, 1.54) is 6.42 Å². The molecule has 0 unspecified atom stereocenters. The van der Waals surface area contributed by atoms with Gasteiger partial charge in [0.2, 0.25) is 9.70 Å². The highest BCUT2D eigenvalue weighted by atomic mass is 35.6. The Hall–Kier alpha value is -0.750. The van der Waals surface area contributed by atoms with Crippen molar-refractivity contribution in [2.24, 2.45) is 0 Å². The van der Waals surface area contributed by atoms with E-state index in [0.717, 1.165) is 42.5 Å². The Labute approximate surface area is 182 Å². The Balaban J connectivity index is 2.60. The van der Waals surface area contributed by atoms with Gasteiger partial charge in [-0.15, -0.1) is 0 Å². The minimum Gasteiger partial charge on any atom is -0.339 e. The molecule has 8 heteroatoms. The van der Waals surface area contributed by atoms with Crippen molar-refractivity contribution in [2.45, 2.75) is 69.3 Å². The van der Waals surface area contributed by atoms with E-state index < -0.39 is 9.96 Å². The Bertz CT molecular complexity index is 635. The number of anilines is 1. The maximum Gasteiger partial charge on any atom is 0.228 e. The first-order valence-electron chi connectivity index (χ1n) is 9.14. The predicted molar refractivity (Wildman–Crippen MR) is 121 cm³/mol. The van der Waals surface area contributed by atoms with E-state index in [-0.39, 0.29) is 11.0 Å². The van der Waals surface area contributed by atoms with Gasteiger partial charge in [-0.3, -0.25) is 4.79 Å². The van der Waals surface area contributed by atoms with Gasteiger partial charge in [0.05, 0.1) is 0 Å². The first-order chi connectivity index (χ1) is 12.6. The minimum absolute atomic E-state index is 0.176. The van der Waals surface area contributed by atoms with Crippen LogP contribution in [0.1, 0.15) is 56.6 Å². The van der Waals surface area contributed by atoms with E-state index in [4.69, 9.17) is 47.0 Å². The van der Waals surface area contributed by atoms with Crippen LogP contribution in [0.5, 0.6) is 0 Å². The maximum atomic E-state index is 12.2. The molecule has 0 bridgehead atoms. The van der Waals surface area contributed by atoms with E-state index in [2.05, 4.69) is 22.9 Å². The number of amides is 1. The molecule has 27 heavy (non-hydrogen) atoms. The van der Waals surface area contributed by atoms with Gasteiger partial charge < -0.3 is 16.0 Å². The van der Waals surface area contributed by atoms with Crippen LogP contribution in [0.4, 0.5) is 5.69 Å². The number of benzene rings is 1. The van der Waals surface area contributed by atoms with Crippen molar-refractivity contribution in [1.29, 1.82) is 0 Å². The van der Waals surface area contributed by atoms with Gasteiger partial charge in [-0.2, -0.15) is 0 Å². The van der Waals surface area contributed by atoms with Crippen LogP contribution in [0.3, 0.4) is 0 Å². The first-order valence-corrected chi connectivity index (χ1v) is 10.7. The molecule has 152 valence electrons. The van der Waals surface area contributed by atoms with Crippen LogP contribution in [0, 0.1) is 13.8 Å². The van der Waals surface area contributed by atoms with Crippen LogP contribution < -0.4 is 16.0 Å². The summed E-state index contributed by atoms with van der Waals surface area (Å²) in [5.41, 5.74) is 2.99. The number of rotatable bonds is 9. The Kier molecular flexibility index (Phi) is 10.7. The number of carbonyl (C=O) groups excluding carboxylic acids is 1. The van der Waals surface area contributed by atoms with Gasteiger partial charge in [-0.25, -0.2) is 0 Å². The summed E-state index contributed by atoms with van der Waals surface area (Å²) in [7, 11) is 0. The molecule has 0 saturated heterocycles. The monoisotopic (exact) mass is 451 g/mol. The van der Waals surface area contributed by atoms with Gasteiger partial charge in [0.25, 0.3) is 0 Å². The molecular weight excluding hydrogens is 425 g/mol. The number of hydrogen-bond donors (Lipinski definition) is 3. The second-order valence-corrected chi connectivity index (χ2v) is 9.40. The molecule has 0 aliphatic carbocycles. The summed E-state index contributed by atoms with van der Waals surface area (Å²) in [5.74, 6) is -0.176. The van der Waals surface area contributed by atoms with Crippen molar-refractivity contribution in [3.63, 3.8) is 0 Å². The summed E-state index contributed by atoms with van der Waals surface area (Å²) >= 11 is 23.4. The number of unbranched alkanes of at least 4 members (excludes halogenated alkanes) is 4. The molecule has 1 aromatic carbocycles. The third kappa shape index (κ3) is 9.84. The summed E-state index contributed by atoms with van der Waals surface area (Å²) < 4.78 is -1.74. The highest BCUT2D eigenvalue weighted by Gasteiger charge is 2.34.